The smallest absolute Gasteiger partial charge is 0.258 e. The van der Waals surface area contributed by atoms with Gasteiger partial charge in [-0.2, -0.15) is 0 Å². The van der Waals surface area contributed by atoms with E-state index in [1.165, 1.54) is 0 Å². The van der Waals surface area contributed by atoms with Crippen molar-refractivity contribution in [3.8, 4) is 11.5 Å². The van der Waals surface area contributed by atoms with Crippen LogP contribution in [0.25, 0.3) is 0 Å². The Morgan fingerprint density at radius 2 is 1.95 bits per heavy atom. The molecule has 1 aromatic heterocycles. The van der Waals surface area contributed by atoms with Crippen LogP contribution in [0.3, 0.4) is 0 Å². The van der Waals surface area contributed by atoms with Crippen LogP contribution in [0.5, 0.6) is 11.5 Å². The highest BCUT2D eigenvalue weighted by Gasteiger charge is 2.19. The van der Waals surface area contributed by atoms with Crippen molar-refractivity contribution in [1.82, 2.24) is 5.16 Å². The van der Waals surface area contributed by atoms with E-state index in [1.54, 1.807) is 25.1 Å². The molecular weight excluding hydrogens is 328 g/mol. The first-order valence-corrected chi connectivity index (χ1v) is 6.76. The SMILES string of the molecule is Cc1cc(NC(=O)c2cc3c(cc2Br)OCCO3)no1. The molecule has 1 aliphatic rings. The zero-order valence-electron chi connectivity index (χ0n) is 10.6. The predicted molar refractivity (Wildman–Crippen MR) is 74.3 cm³/mol. The van der Waals surface area contributed by atoms with Gasteiger partial charge < -0.3 is 19.3 Å². The van der Waals surface area contributed by atoms with Crippen LogP contribution in [0.1, 0.15) is 16.1 Å². The van der Waals surface area contributed by atoms with Crippen LogP contribution >= 0.6 is 15.9 Å². The number of ether oxygens (including phenoxy) is 2. The number of carbonyl (C=O) groups is 1. The monoisotopic (exact) mass is 338 g/mol. The highest BCUT2D eigenvalue weighted by Crippen LogP contribution is 2.35. The number of nitrogens with one attached hydrogen (secondary N) is 1. The number of fused-ring (bicyclic) bond motifs is 1. The lowest BCUT2D eigenvalue weighted by Crippen LogP contribution is -2.18. The lowest BCUT2D eigenvalue weighted by atomic mass is 10.2. The van der Waals surface area contributed by atoms with E-state index in [-0.39, 0.29) is 5.91 Å². The Labute approximate surface area is 123 Å². The Hall–Kier alpha value is -2.02. The highest BCUT2D eigenvalue weighted by atomic mass is 79.9. The minimum absolute atomic E-state index is 0.304. The number of hydrogen-bond donors (Lipinski definition) is 1. The van der Waals surface area contributed by atoms with Gasteiger partial charge in [0, 0.05) is 10.5 Å². The summed E-state index contributed by atoms with van der Waals surface area (Å²) in [6.45, 7) is 2.73. The first kappa shape index (κ1) is 13.0. The fraction of sp³-hybridized carbons (Fsp3) is 0.231. The lowest BCUT2D eigenvalue weighted by Gasteiger charge is -2.19. The number of carbonyl (C=O) groups excluding carboxylic acids is 1. The summed E-state index contributed by atoms with van der Waals surface area (Å²) < 4.78 is 16.4. The molecule has 0 fully saturated rings. The topological polar surface area (TPSA) is 73.6 Å². The van der Waals surface area contributed by atoms with Crippen molar-refractivity contribution in [3.05, 3.63) is 34.0 Å². The van der Waals surface area contributed by atoms with Crippen molar-refractivity contribution in [2.75, 3.05) is 18.5 Å². The van der Waals surface area contributed by atoms with Crippen LogP contribution in [-0.2, 0) is 0 Å². The number of halogens is 1. The number of hydrogen-bond acceptors (Lipinski definition) is 5. The summed E-state index contributed by atoms with van der Waals surface area (Å²) in [7, 11) is 0. The van der Waals surface area contributed by atoms with Gasteiger partial charge >= 0.3 is 0 Å². The molecule has 0 aliphatic carbocycles. The molecule has 1 N–H and O–H groups in total. The van der Waals surface area contributed by atoms with Gasteiger partial charge in [0.15, 0.2) is 17.3 Å². The normalized spacial score (nSPS) is 13.1. The van der Waals surface area contributed by atoms with Crippen LogP contribution in [0, 0.1) is 6.92 Å². The molecule has 2 aromatic rings. The summed E-state index contributed by atoms with van der Waals surface area (Å²) >= 11 is 3.35. The second-order valence-corrected chi connectivity index (χ2v) is 5.11. The molecule has 0 saturated carbocycles. The summed E-state index contributed by atoms with van der Waals surface area (Å²) in [5.74, 6) is 1.87. The number of anilines is 1. The van der Waals surface area contributed by atoms with Crippen LogP contribution in [0.2, 0.25) is 0 Å². The van der Waals surface area contributed by atoms with Gasteiger partial charge in [-0.15, -0.1) is 0 Å². The molecule has 20 heavy (non-hydrogen) atoms. The molecule has 2 heterocycles. The molecular formula is C13H11BrN2O4. The fourth-order valence-electron chi connectivity index (χ4n) is 1.85. The molecule has 6 nitrogen and oxygen atoms in total. The Kier molecular flexibility index (Phi) is 3.35. The summed E-state index contributed by atoms with van der Waals surface area (Å²) in [4.78, 5) is 12.2. The third-order valence-electron chi connectivity index (χ3n) is 2.75. The van der Waals surface area contributed by atoms with Crippen molar-refractivity contribution in [1.29, 1.82) is 0 Å². The largest absolute Gasteiger partial charge is 0.486 e. The van der Waals surface area contributed by atoms with E-state index in [4.69, 9.17) is 14.0 Å². The molecule has 7 heteroatoms. The van der Waals surface area contributed by atoms with E-state index in [0.717, 1.165) is 0 Å². The van der Waals surface area contributed by atoms with Crippen LogP contribution in [-0.4, -0.2) is 24.3 Å². The fourth-order valence-corrected chi connectivity index (χ4v) is 2.35. The first-order valence-electron chi connectivity index (χ1n) is 5.97. The minimum atomic E-state index is -0.304. The molecule has 0 unspecified atom stereocenters. The molecule has 0 saturated heterocycles. The van der Waals surface area contributed by atoms with Gasteiger partial charge in [0.2, 0.25) is 0 Å². The summed E-state index contributed by atoms with van der Waals surface area (Å²) in [6, 6.07) is 5.00. The zero-order chi connectivity index (χ0) is 14.1. The van der Waals surface area contributed by atoms with Gasteiger partial charge in [-0.1, -0.05) is 5.16 Å². The van der Waals surface area contributed by atoms with Crippen molar-refractivity contribution < 1.29 is 18.8 Å². The van der Waals surface area contributed by atoms with Gasteiger partial charge in [0.1, 0.15) is 19.0 Å². The van der Waals surface area contributed by atoms with E-state index >= 15 is 0 Å². The van der Waals surface area contributed by atoms with E-state index in [0.29, 0.717) is 46.3 Å². The quantitative estimate of drug-likeness (QED) is 0.911. The predicted octanol–water partition coefficient (Wildman–Crippen LogP) is 2.77. The van der Waals surface area contributed by atoms with Gasteiger partial charge in [-0.05, 0) is 35.0 Å². The molecule has 0 radical (unpaired) electrons. The average molecular weight is 339 g/mol. The van der Waals surface area contributed by atoms with Gasteiger partial charge in [-0.3, -0.25) is 4.79 Å². The molecule has 0 atom stereocenters. The van der Waals surface area contributed by atoms with Crippen LogP contribution in [0.4, 0.5) is 5.82 Å². The molecule has 3 rings (SSSR count). The van der Waals surface area contributed by atoms with Crippen molar-refractivity contribution >= 4 is 27.7 Å². The summed E-state index contributed by atoms with van der Waals surface area (Å²) in [5.41, 5.74) is 0.440. The molecule has 1 aliphatic heterocycles. The maximum absolute atomic E-state index is 12.2. The number of aromatic nitrogens is 1. The Morgan fingerprint density at radius 3 is 2.60 bits per heavy atom. The average Bonchev–Trinajstić information content (AvgIpc) is 2.83. The van der Waals surface area contributed by atoms with Crippen molar-refractivity contribution in [3.63, 3.8) is 0 Å². The standard InChI is InChI=1S/C13H11BrN2O4/c1-7-4-12(16-20-7)15-13(17)8-5-10-11(6-9(8)14)19-3-2-18-10/h4-6H,2-3H2,1H3,(H,15,16,17). The second-order valence-electron chi connectivity index (χ2n) is 4.25. The molecule has 1 amide bonds. The number of amides is 1. The van der Waals surface area contributed by atoms with E-state index in [9.17, 15) is 4.79 Å². The molecule has 0 bridgehead atoms. The highest BCUT2D eigenvalue weighted by molar-refractivity contribution is 9.10. The van der Waals surface area contributed by atoms with E-state index < -0.39 is 0 Å². The number of rotatable bonds is 2. The van der Waals surface area contributed by atoms with Gasteiger partial charge in [-0.25, -0.2) is 0 Å². The lowest BCUT2D eigenvalue weighted by molar-refractivity contribution is 0.102. The van der Waals surface area contributed by atoms with Crippen LogP contribution < -0.4 is 14.8 Å². The van der Waals surface area contributed by atoms with Crippen molar-refractivity contribution in [2.24, 2.45) is 0 Å². The van der Waals surface area contributed by atoms with E-state index in [1.807, 2.05) is 0 Å². The molecule has 1 aromatic carbocycles. The number of benzene rings is 1. The summed E-state index contributed by atoms with van der Waals surface area (Å²) in [6.07, 6.45) is 0. The van der Waals surface area contributed by atoms with Crippen LogP contribution in [0.15, 0.2) is 27.2 Å². The first-order chi connectivity index (χ1) is 9.63. The molecule has 0 spiro atoms. The zero-order valence-corrected chi connectivity index (χ0v) is 12.2. The Morgan fingerprint density at radius 1 is 1.25 bits per heavy atom. The third kappa shape index (κ3) is 2.49. The van der Waals surface area contributed by atoms with Crippen molar-refractivity contribution in [2.45, 2.75) is 6.92 Å². The maximum atomic E-state index is 12.2. The number of nitrogens with zero attached hydrogens (tertiary/aromatic N) is 1. The minimum Gasteiger partial charge on any atom is -0.486 e. The Balaban J connectivity index is 1.87. The number of aryl methyl sites for hydroxylation is 1. The second kappa shape index (κ2) is 5.16. The van der Waals surface area contributed by atoms with E-state index in [2.05, 4.69) is 26.4 Å². The Bertz CT molecular complexity index is 668. The third-order valence-corrected chi connectivity index (χ3v) is 3.40. The van der Waals surface area contributed by atoms with Gasteiger partial charge in [0.25, 0.3) is 5.91 Å². The maximum Gasteiger partial charge on any atom is 0.258 e. The summed E-state index contributed by atoms with van der Waals surface area (Å²) in [5, 5.41) is 6.38. The van der Waals surface area contributed by atoms with Gasteiger partial charge in [0.05, 0.1) is 5.56 Å². The molecule has 104 valence electrons.